The summed E-state index contributed by atoms with van der Waals surface area (Å²) in [5.41, 5.74) is 0. The summed E-state index contributed by atoms with van der Waals surface area (Å²) in [5.74, 6) is 1.49. The Bertz CT molecular complexity index is 211. The molecule has 2 atom stereocenters. The van der Waals surface area contributed by atoms with Crippen molar-refractivity contribution in [3.05, 3.63) is 12.7 Å². The van der Waals surface area contributed by atoms with Gasteiger partial charge in [-0.15, -0.1) is 6.58 Å². The molecule has 0 spiro atoms. The van der Waals surface area contributed by atoms with Crippen molar-refractivity contribution in [1.82, 2.24) is 10.2 Å². The molecule has 0 amide bonds. The first-order valence-corrected chi connectivity index (χ1v) is 6.63. The monoisotopic (exact) mass is 224 g/mol. The van der Waals surface area contributed by atoms with Crippen LogP contribution in [0.15, 0.2) is 12.7 Å². The molecule has 0 aromatic rings. The number of nitrogens with one attached hydrogen (secondary N) is 1. The van der Waals surface area contributed by atoms with Gasteiger partial charge in [-0.2, -0.15) is 0 Å². The van der Waals surface area contributed by atoms with Crippen LogP contribution >= 0.6 is 0 Å². The second kappa shape index (κ2) is 6.41. The molecule has 2 nitrogen and oxygen atoms in total. The Morgan fingerprint density at radius 3 is 2.56 bits per heavy atom. The number of hydrogen-bond acceptors (Lipinski definition) is 2. The average molecular weight is 224 g/mol. The van der Waals surface area contributed by atoms with Crippen LogP contribution in [0.25, 0.3) is 0 Å². The number of piperazine rings is 1. The fraction of sp³-hybridized carbons (Fsp3) is 0.857. The van der Waals surface area contributed by atoms with Gasteiger partial charge in [-0.05, 0) is 18.3 Å². The van der Waals surface area contributed by atoms with Gasteiger partial charge in [0, 0.05) is 31.7 Å². The molecular formula is C14H28N2. The van der Waals surface area contributed by atoms with Crippen LogP contribution in [-0.4, -0.2) is 36.6 Å². The standard InChI is InChI=1S/C14H28N2/c1-6-7-16-10-14(12(4)5)15-9-13(16)8-11(2)3/h6,11-15H,1,7-10H2,2-5H3. The molecule has 0 saturated carbocycles. The van der Waals surface area contributed by atoms with Gasteiger partial charge in [0.2, 0.25) is 0 Å². The average Bonchev–Trinajstić information content (AvgIpc) is 2.20. The van der Waals surface area contributed by atoms with E-state index in [1.54, 1.807) is 0 Å². The molecule has 1 saturated heterocycles. The van der Waals surface area contributed by atoms with Crippen LogP contribution in [0, 0.1) is 11.8 Å². The van der Waals surface area contributed by atoms with Gasteiger partial charge >= 0.3 is 0 Å². The zero-order valence-electron chi connectivity index (χ0n) is 11.4. The zero-order valence-corrected chi connectivity index (χ0v) is 11.4. The summed E-state index contributed by atoms with van der Waals surface area (Å²) in [5, 5.41) is 3.69. The lowest BCUT2D eigenvalue weighted by molar-refractivity contribution is 0.112. The van der Waals surface area contributed by atoms with Crippen molar-refractivity contribution in [3.8, 4) is 0 Å². The van der Waals surface area contributed by atoms with Crippen LogP contribution in [0.5, 0.6) is 0 Å². The zero-order chi connectivity index (χ0) is 12.1. The van der Waals surface area contributed by atoms with Gasteiger partial charge in [-0.1, -0.05) is 33.8 Å². The van der Waals surface area contributed by atoms with Gasteiger partial charge in [0.1, 0.15) is 0 Å². The number of hydrogen-bond donors (Lipinski definition) is 1. The molecule has 0 radical (unpaired) electrons. The van der Waals surface area contributed by atoms with Gasteiger partial charge in [0.05, 0.1) is 0 Å². The normalized spacial score (nSPS) is 27.6. The van der Waals surface area contributed by atoms with Crippen molar-refractivity contribution in [2.24, 2.45) is 11.8 Å². The van der Waals surface area contributed by atoms with Gasteiger partial charge in [-0.25, -0.2) is 0 Å². The van der Waals surface area contributed by atoms with Crippen molar-refractivity contribution in [3.63, 3.8) is 0 Å². The van der Waals surface area contributed by atoms with E-state index in [1.807, 2.05) is 6.08 Å². The summed E-state index contributed by atoms with van der Waals surface area (Å²) in [7, 11) is 0. The molecule has 2 heteroatoms. The molecule has 1 rings (SSSR count). The smallest absolute Gasteiger partial charge is 0.0227 e. The molecule has 16 heavy (non-hydrogen) atoms. The lowest BCUT2D eigenvalue weighted by atomic mass is 9.95. The van der Waals surface area contributed by atoms with E-state index in [4.69, 9.17) is 0 Å². The third-order valence-corrected chi connectivity index (χ3v) is 3.48. The minimum Gasteiger partial charge on any atom is -0.311 e. The Hall–Kier alpha value is -0.340. The van der Waals surface area contributed by atoms with Crippen LogP contribution in [0.3, 0.4) is 0 Å². The lowest BCUT2D eigenvalue weighted by Gasteiger charge is -2.42. The maximum Gasteiger partial charge on any atom is 0.0227 e. The third kappa shape index (κ3) is 3.91. The second-order valence-corrected chi connectivity index (χ2v) is 5.78. The SMILES string of the molecule is C=CCN1CC(C(C)C)NCC1CC(C)C. The minimum absolute atomic E-state index is 0.642. The summed E-state index contributed by atoms with van der Waals surface area (Å²) < 4.78 is 0. The molecule has 94 valence electrons. The van der Waals surface area contributed by atoms with E-state index >= 15 is 0 Å². The van der Waals surface area contributed by atoms with Gasteiger partial charge < -0.3 is 5.32 Å². The largest absolute Gasteiger partial charge is 0.311 e. The Morgan fingerprint density at radius 2 is 2.06 bits per heavy atom. The van der Waals surface area contributed by atoms with Crippen molar-refractivity contribution in [1.29, 1.82) is 0 Å². The van der Waals surface area contributed by atoms with Crippen LogP contribution < -0.4 is 5.32 Å². The maximum atomic E-state index is 3.88. The van der Waals surface area contributed by atoms with E-state index < -0.39 is 0 Å². The van der Waals surface area contributed by atoms with E-state index in [-0.39, 0.29) is 0 Å². The molecule has 2 unspecified atom stereocenters. The summed E-state index contributed by atoms with van der Waals surface area (Å²) in [4.78, 5) is 2.59. The molecule has 0 aliphatic carbocycles. The fourth-order valence-corrected chi connectivity index (χ4v) is 2.50. The Morgan fingerprint density at radius 1 is 1.38 bits per heavy atom. The van der Waals surface area contributed by atoms with E-state index in [1.165, 1.54) is 13.0 Å². The fourth-order valence-electron chi connectivity index (χ4n) is 2.50. The molecule has 1 N–H and O–H groups in total. The van der Waals surface area contributed by atoms with E-state index in [0.717, 1.165) is 19.0 Å². The molecule has 0 aromatic heterocycles. The highest BCUT2D eigenvalue weighted by Gasteiger charge is 2.28. The van der Waals surface area contributed by atoms with E-state index in [0.29, 0.717) is 18.0 Å². The first-order valence-electron chi connectivity index (χ1n) is 6.63. The highest BCUT2D eigenvalue weighted by molar-refractivity contribution is 4.90. The van der Waals surface area contributed by atoms with Crippen molar-refractivity contribution < 1.29 is 0 Å². The topological polar surface area (TPSA) is 15.3 Å². The van der Waals surface area contributed by atoms with Crippen LogP contribution in [0.1, 0.15) is 34.1 Å². The maximum absolute atomic E-state index is 3.88. The minimum atomic E-state index is 0.642. The second-order valence-electron chi connectivity index (χ2n) is 5.78. The summed E-state index contributed by atoms with van der Waals surface area (Å²) >= 11 is 0. The molecule has 0 aromatic carbocycles. The summed E-state index contributed by atoms with van der Waals surface area (Å²) in [6, 6.07) is 1.33. The predicted molar refractivity (Wildman–Crippen MR) is 71.6 cm³/mol. The summed E-state index contributed by atoms with van der Waals surface area (Å²) in [6.07, 6.45) is 3.32. The Kier molecular flexibility index (Phi) is 5.50. The Balaban J connectivity index is 2.55. The van der Waals surface area contributed by atoms with Crippen LogP contribution in [-0.2, 0) is 0 Å². The van der Waals surface area contributed by atoms with E-state index in [2.05, 4.69) is 44.5 Å². The van der Waals surface area contributed by atoms with Crippen molar-refractivity contribution in [2.75, 3.05) is 19.6 Å². The predicted octanol–water partition coefficient (Wildman–Crippen LogP) is 2.52. The Labute approximate surface area is 101 Å². The molecular weight excluding hydrogens is 196 g/mol. The first-order chi connectivity index (χ1) is 7.54. The third-order valence-electron chi connectivity index (χ3n) is 3.48. The highest BCUT2D eigenvalue weighted by Crippen LogP contribution is 2.18. The quantitative estimate of drug-likeness (QED) is 0.722. The van der Waals surface area contributed by atoms with Crippen LogP contribution in [0.4, 0.5) is 0 Å². The van der Waals surface area contributed by atoms with Crippen molar-refractivity contribution >= 4 is 0 Å². The van der Waals surface area contributed by atoms with Crippen molar-refractivity contribution in [2.45, 2.75) is 46.2 Å². The number of nitrogens with zero attached hydrogens (tertiary/aromatic N) is 1. The van der Waals surface area contributed by atoms with Gasteiger partial charge in [0.25, 0.3) is 0 Å². The molecule has 0 bridgehead atoms. The molecule has 1 heterocycles. The highest BCUT2D eigenvalue weighted by atomic mass is 15.2. The van der Waals surface area contributed by atoms with Crippen LogP contribution in [0.2, 0.25) is 0 Å². The molecule has 1 aliphatic rings. The lowest BCUT2D eigenvalue weighted by Crippen LogP contribution is -2.58. The van der Waals surface area contributed by atoms with Gasteiger partial charge in [0.15, 0.2) is 0 Å². The summed E-state index contributed by atoms with van der Waals surface area (Å²) in [6.45, 7) is 16.4. The van der Waals surface area contributed by atoms with E-state index in [9.17, 15) is 0 Å². The van der Waals surface area contributed by atoms with Gasteiger partial charge in [-0.3, -0.25) is 4.90 Å². The molecule has 1 fully saturated rings. The number of rotatable bonds is 5. The molecule has 1 aliphatic heterocycles. The first kappa shape index (κ1) is 13.7.